The van der Waals surface area contributed by atoms with Crippen molar-refractivity contribution >= 4 is 11.9 Å². The summed E-state index contributed by atoms with van der Waals surface area (Å²) in [7, 11) is 0. The number of nitrogens with zero attached hydrogens (tertiary/aromatic N) is 3. The van der Waals surface area contributed by atoms with Gasteiger partial charge in [-0.2, -0.15) is 0 Å². The highest BCUT2D eigenvalue weighted by Crippen LogP contribution is 2.29. The first kappa shape index (κ1) is 16.4. The molecule has 2 aliphatic heterocycles. The van der Waals surface area contributed by atoms with E-state index < -0.39 is 0 Å². The second-order valence-corrected chi connectivity index (χ2v) is 7.59. The molecule has 25 heavy (non-hydrogen) atoms. The van der Waals surface area contributed by atoms with Crippen LogP contribution in [0.2, 0.25) is 0 Å². The number of aromatic nitrogens is 2. The summed E-state index contributed by atoms with van der Waals surface area (Å²) in [4.78, 5) is 31.2. The zero-order valence-electron chi connectivity index (χ0n) is 14.8. The fourth-order valence-electron chi connectivity index (χ4n) is 4.22. The molecule has 4 rings (SSSR count). The van der Waals surface area contributed by atoms with Gasteiger partial charge in [0.2, 0.25) is 5.91 Å². The minimum absolute atomic E-state index is 0.0867. The number of urea groups is 1. The number of rotatable bonds is 4. The molecular weight excluding hydrogens is 318 g/mol. The van der Waals surface area contributed by atoms with Crippen LogP contribution >= 0.6 is 0 Å². The lowest BCUT2D eigenvalue weighted by Crippen LogP contribution is -2.49. The molecule has 7 nitrogen and oxygen atoms in total. The number of hydrogen-bond donors (Lipinski definition) is 2. The zero-order valence-corrected chi connectivity index (χ0v) is 14.8. The number of hydrogen-bond acceptors (Lipinski definition) is 3. The monoisotopic (exact) mass is 345 g/mol. The predicted molar refractivity (Wildman–Crippen MR) is 93.2 cm³/mol. The molecule has 0 aromatic carbocycles. The molecule has 3 heterocycles. The van der Waals surface area contributed by atoms with Crippen LogP contribution in [0.3, 0.4) is 0 Å². The Bertz CT molecular complexity index is 666. The van der Waals surface area contributed by atoms with Crippen LogP contribution in [0, 0.1) is 6.92 Å². The van der Waals surface area contributed by atoms with E-state index in [1.807, 2.05) is 11.8 Å². The van der Waals surface area contributed by atoms with Crippen molar-refractivity contribution in [1.82, 2.24) is 25.1 Å². The SMILES string of the molecule is Cc1cn2c(n1)C(CNC(=O)NC1CCN(C3CCC3)C1=O)CCC2. The highest BCUT2D eigenvalue weighted by Gasteiger charge is 2.38. The molecule has 0 radical (unpaired) electrons. The van der Waals surface area contributed by atoms with E-state index in [-0.39, 0.29) is 23.9 Å². The average molecular weight is 345 g/mol. The molecule has 0 bridgehead atoms. The van der Waals surface area contributed by atoms with Crippen LogP contribution in [0.1, 0.15) is 56.0 Å². The van der Waals surface area contributed by atoms with E-state index in [4.69, 9.17) is 0 Å². The van der Waals surface area contributed by atoms with Gasteiger partial charge in [0.05, 0.1) is 5.69 Å². The van der Waals surface area contributed by atoms with Gasteiger partial charge in [0, 0.05) is 37.8 Å². The van der Waals surface area contributed by atoms with Gasteiger partial charge in [-0.3, -0.25) is 4.79 Å². The van der Waals surface area contributed by atoms with E-state index in [0.717, 1.165) is 56.7 Å². The largest absolute Gasteiger partial charge is 0.338 e. The summed E-state index contributed by atoms with van der Waals surface area (Å²) in [5, 5.41) is 5.81. The van der Waals surface area contributed by atoms with Gasteiger partial charge >= 0.3 is 6.03 Å². The second-order valence-electron chi connectivity index (χ2n) is 7.59. The summed E-state index contributed by atoms with van der Waals surface area (Å²) in [5.41, 5.74) is 1.03. The molecule has 1 aliphatic carbocycles. The van der Waals surface area contributed by atoms with Crippen LogP contribution in [0.5, 0.6) is 0 Å². The van der Waals surface area contributed by atoms with Gasteiger partial charge in [-0.15, -0.1) is 0 Å². The Hall–Kier alpha value is -2.05. The molecule has 7 heteroatoms. The van der Waals surface area contributed by atoms with Crippen LogP contribution in [-0.2, 0) is 11.3 Å². The lowest BCUT2D eigenvalue weighted by molar-refractivity contribution is -0.132. The highest BCUT2D eigenvalue weighted by molar-refractivity contribution is 5.88. The van der Waals surface area contributed by atoms with Crippen LogP contribution in [-0.4, -0.2) is 51.6 Å². The second kappa shape index (κ2) is 6.69. The van der Waals surface area contributed by atoms with Crippen molar-refractivity contribution in [2.75, 3.05) is 13.1 Å². The average Bonchev–Trinajstić information content (AvgIpc) is 3.08. The van der Waals surface area contributed by atoms with E-state index in [9.17, 15) is 9.59 Å². The molecule has 3 aliphatic rings. The minimum Gasteiger partial charge on any atom is -0.338 e. The highest BCUT2D eigenvalue weighted by atomic mass is 16.2. The van der Waals surface area contributed by atoms with Crippen molar-refractivity contribution in [3.05, 3.63) is 17.7 Å². The fraction of sp³-hybridized carbons (Fsp3) is 0.722. The molecule has 1 saturated heterocycles. The maximum absolute atomic E-state index is 12.4. The quantitative estimate of drug-likeness (QED) is 0.868. The number of imidazole rings is 1. The van der Waals surface area contributed by atoms with Gasteiger partial charge in [0.25, 0.3) is 0 Å². The van der Waals surface area contributed by atoms with E-state index in [1.165, 1.54) is 6.42 Å². The number of likely N-dealkylation sites (tertiary alicyclic amines) is 1. The lowest BCUT2D eigenvalue weighted by Gasteiger charge is -2.34. The third-order valence-corrected chi connectivity index (χ3v) is 5.81. The Labute approximate surface area is 148 Å². The number of amides is 3. The third-order valence-electron chi connectivity index (χ3n) is 5.81. The number of carbonyl (C=O) groups is 2. The first-order chi connectivity index (χ1) is 12.1. The molecule has 2 N–H and O–H groups in total. The summed E-state index contributed by atoms with van der Waals surface area (Å²) in [5.74, 6) is 1.40. The molecular formula is C18H27N5O2. The minimum atomic E-state index is -0.365. The van der Waals surface area contributed by atoms with Crippen molar-refractivity contribution in [2.45, 2.75) is 70.0 Å². The topological polar surface area (TPSA) is 79.3 Å². The van der Waals surface area contributed by atoms with Gasteiger partial charge in [0.15, 0.2) is 0 Å². The Balaban J connectivity index is 1.28. The first-order valence-corrected chi connectivity index (χ1v) is 9.50. The maximum atomic E-state index is 12.4. The van der Waals surface area contributed by atoms with Crippen molar-refractivity contribution in [2.24, 2.45) is 0 Å². The van der Waals surface area contributed by atoms with Crippen molar-refractivity contribution in [1.29, 1.82) is 0 Å². The van der Waals surface area contributed by atoms with E-state index in [2.05, 4.69) is 26.4 Å². The Kier molecular flexibility index (Phi) is 4.39. The molecule has 136 valence electrons. The Morgan fingerprint density at radius 1 is 1.24 bits per heavy atom. The van der Waals surface area contributed by atoms with Gasteiger partial charge in [-0.05, 0) is 45.4 Å². The molecule has 2 atom stereocenters. The summed E-state index contributed by atoms with van der Waals surface area (Å²) in [6.45, 7) is 4.35. The van der Waals surface area contributed by atoms with Crippen molar-refractivity contribution in [3.8, 4) is 0 Å². The lowest BCUT2D eigenvalue weighted by atomic mass is 9.92. The molecule has 1 saturated carbocycles. The van der Waals surface area contributed by atoms with Gasteiger partial charge in [-0.1, -0.05) is 0 Å². The maximum Gasteiger partial charge on any atom is 0.315 e. The van der Waals surface area contributed by atoms with E-state index in [1.54, 1.807) is 0 Å². The predicted octanol–water partition coefficient (Wildman–Crippen LogP) is 1.52. The zero-order chi connectivity index (χ0) is 17.4. The normalized spacial score (nSPS) is 26.3. The van der Waals surface area contributed by atoms with E-state index >= 15 is 0 Å². The van der Waals surface area contributed by atoms with Crippen molar-refractivity contribution < 1.29 is 9.59 Å². The van der Waals surface area contributed by atoms with Crippen LogP contribution in [0.25, 0.3) is 0 Å². The molecule has 3 amide bonds. The van der Waals surface area contributed by atoms with Crippen LogP contribution in [0.4, 0.5) is 4.79 Å². The number of nitrogens with one attached hydrogen (secondary N) is 2. The molecule has 0 spiro atoms. The van der Waals surface area contributed by atoms with Crippen LogP contribution < -0.4 is 10.6 Å². The summed E-state index contributed by atoms with van der Waals surface area (Å²) in [6, 6.07) is -0.197. The number of aryl methyl sites for hydroxylation is 2. The fourth-order valence-corrected chi connectivity index (χ4v) is 4.22. The van der Waals surface area contributed by atoms with Crippen LogP contribution in [0.15, 0.2) is 6.20 Å². The summed E-state index contributed by atoms with van der Waals surface area (Å²) >= 11 is 0. The third kappa shape index (κ3) is 3.24. The Morgan fingerprint density at radius 3 is 2.84 bits per heavy atom. The summed E-state index contributed by atoms with van der Waals surface area (Å²) in [6.07, 6.45) is 8.37. The van der Waals surface area contributed by atoms with Gasteiger partial charge < -0.3 is 20.1 Å². The first-order valence-electron chi connectivity index (χ1n) is 9.50. The smallest absolute Gasteiger partial charge is 0.315 e. The number of carbonyl (C=O) groups excluding carboxylic acids is 2. The molecule has 2 unspecified atom stereocenters. The summed E-state index contributed by atoms with van der Waals surface area (Å²) < 4.78 is 2.19. The molecule has 2 fully saturated rings. The Morgan fingerprint density at radius 2 is 2.08 bits per heavy atom. The van der Waals surface area contributed by atoms with Crippen molar-refractivity contribution in [3.63, 3.8) is 0 Å². The molecule has 1 aromatic rings. The van der Waals surface area contributed by atoms with E-state index in [0.29, 0.717) is 12.6 Å². The standard InChI is InChI=1S/C18H27N5O2/c1-12-11-22-8-3-4-13(16(22)20-12)10-19-18(25)21-15-7-9-23(17(15)24)14-5-2-6-14/h11,13-15H,2-10H2,1H3,(H2,19,21,25). The number of fused-ring (bicyclic) bond motifs is 1. The van der Waals surface area contributed by atoms with Gasteiger partial charge in [0.1, 0.15) is 11.9 Å². The molecule has 1 aromatic heterocycles. The van der Waals surface area contributed by atoms with Gasteiger partial charge in [-0.25, -0.2) is 9.78 Å².